The van der Waals surface area contributed by atoms with Gasteiger partial charge in [-0.1, -0.05) is 11.6 Å². The van der Waals surface area contributed by atoms with Gasteiger partial charge in [-0.05, 0) is 0 Å². The van der Waals surface area contributed by atoms with Crippen LogP contribution >= 0.6 is 23.4 Å². The Labute approximate surface area is 85.0 Å². The second-order valence-electron chi connectivity index (χ2n) is 2.37. The van der Waals surface area contributed by atoms with Crippen LogP contribution in [0.3, 0.4) is 0 Å². The third kappa shape index (κ3) is 2.69. The van der Waals surface area contributed by atoms with Crippen LogP contribution in [0.1, 0.15) is 0 Å². The van der Waals surface area contributed by atoms with E-state index in [-0.39, 0.29) is 16.6 Å². The smallest absolute Gasteiger partial charge is 0.198 e. The summed E-state index contributed by atoms with van der Waals surface area (Å²) < 4.78 is 0. The first kappa shape index (κ1) is 10.5. The van der Waals surface area contributed by atoms with Crippen LogP contribution in [-0.4, -0.2) is 23.9 Å². The summed E-state index contributed by atoms with van der Waals surface area (Å²) in [4.78, 5) is 22.7. The number of thioether (sulfide) groups is 1. The van der Waals surface area contributed by atoms with E-state index in [2.05, 4.69) is 0 Å². The van der Waals surface area contributed by atoms with Gasteiger partial charge in [-0.3, -0.25) is 9.59 Å². The van der Waals surface area contributed by atoms with E-state index in [1.165, 1.54) is 17.8 Å². The van der Waals surface area contributed by atoms with Crippen LogP contribution in [0.25, 0.3) is 0 Å². The molecular weight excluding hydrogens is 210 g/mol. The van der Waals surface area contributed by atoms with Gasteiger partial charge in [-0.25, -0.2) is 0 Å². The minimum atomic E-state index is -0.319. The molecule has 0 spiro atoms. The van der Waals surface area contributed by atoms with Gasteiger partial charge in [0, 0.05) is 24.4 Å². The summed E-state index contributed by atoms with van der Waals surface area (Å²) in [6.45, 7) is 0.473. The highest BCUT2D eigenvalue weighted by Crippen LogP contribution is 2.23. The number of ketones is 2. The molecule has 0 unspecified atom stereocenters. The quantitative estimate of drug-likeness (QED) is 0.712. The predicted octanol–water partition coefficient (Wildman–Crippen LogP) is 0.837. The first-order chi connectivity index (χ1) is 6.15. The molecule has 5 heteroatoms. The fraction of sp³-hybridized carbons (Fsp3) is 0.250. The Bertz CT molecular complexity index is 309. The molecule has 1 aliphatic carbocycles. The molecule has 1 aliphatic rings. The van der Waals surface area contributed by atoms with Crippen molar-refractivity contribution in [2.75, 3.05) is 12.3 Å². The van der Waals surface area contributed by atoms with E-state index in [0.29, 0.717) is 17.2 Å². The van der Waals surface area contributed by atoms with Crippen LogP contribution in [0.2, 0.25) is 0 Å². The largest absolute Gasteiger partial charge is 0.330 e. The van der Waals surface area contributed by atoms with E-state index in [0.717, 1.165) is 6.08 Å². The van der Waals surface area contributed by atoms with Gasteiger partial charge >= 0.3 is 0 Å². The first-order valence-corrected chi connectivity index (χ1v) is 5.02. The third-order valence-corrected chi connectivity index (χ3v) is 2.74. The number of hydrogen-bond donors (Lipinski definition) is 1. The molecule has 0 fully saturated rings. The zero-order valence-corrected chi connectivity index (χ0v) is 8.32. The van der Waals surface area contributed by atoms with Gasteiger partial charge in [-0.15, -0.1) is 11.8 Å². The molecule has 0 aliphatic heterocycles. The van der Waals surface area contributed by atoms with E-state index in [4.69, 9.17) is 17.3 Å². The standard InChI is InChI=1S/C8H8ClNO2S/c9-5-3-7(12)8(4-6(5)11)13-2-1-10/h3-4H,1-2,10H2. The number of hydrogen-bond acceptors (Lipinski definition) is 4. The number of carbonyl (C=O) groups excluding carboxylic acids is 2. The molecule has 0 aromatic carbocycles. The Balaban J connectivity index is 2.71. The molecule has 0 heterocycles. The lowest BCUT2D eigenvalue weighted by molar-refractivity contribution is -0.114. The molecule has 3 nitrogen and oxygen atoms in total. The van der Waals surface area contributed by atoms with Crippen molar-refractivity contribution < 1.29 is 9.59 Å². The van der Waals surface area contributed by atoms with E-state index in [9.17, 15) is 9.59 Å². The highest BCUT2D eigenvalue weighted by Gasteiger charge is 2.18. The highest BCUT2D eigenvalue weighted by atomic mass is 35.5. The first-order valence-electron chi connectivity index (χ1n) is 3.65. The van der Waals surface area contributed by atoms with Crippen LogP contribution < -0.4 is 5.73 Å². The average Bonchev–Trinajstić information content (AvgIpc) is 2.09. The maximum atomic E-state index is 11.2. The molecule has 0 saturated carbocycles. The van der Waals surface area contributed by atoms with Crippen LogP contribution in [0.5, 0.6) is 0 Å². The molecule has 0 bridgehead atoms. The highest BCUT2D eigenvalue weighted by molar-refractivity contribution is 8.04. The monoisotopic (exact) mass is 217 g/mol. The van der Waals surface area contributed by atoms with Gasteiger partial charge < -0.3 is 5.73 Å². The second kappa shape index (κ2) is 4.60. The minimum absolute atomic E-state index is 0.0258. The van der Waals surface area contributed by atoms with E-state index >= 15 is 0 Å². The molecular formula is C8H8ClNO2S. The molecule has 2 N–H and O–H groups in total. The number of allylic oxidation sites excluding steroid dienone is 4. The van der Waals surface area contributed by atoms with Crippen molar-refractivity contribution >= 4 is 34.9 Å². The predicted molar refractivity (Wildman–Crippen MR) is 53.5 cm³/mol. The summed E-state index contributed by atoms with van der Waals surface area (Å²) in [5.41, 5.74) is 5.27. The van der Waals surface area contributed by atoms with Gasteiger partial charge in [-0.2, -0.15) is 0 Å². The fourth-order valence-corrected chi connectivity index (χ4v) is 1.68. The summed E-state index contributed by atoms with van der Waals surface area (Å²) in [7, 11) is 0. The van der Waals surface area contributed by atoms with E-state index in [1.807, 2.05) is 0 Å². The van der Waals surface area contributed by atoms with Gasteiger partial charge in [0.25, 0.3) is 0 Å². The zero-order valence-electron chi connectivity index (χ0n) is 6.75. The van der Waals surface area contributed by atoms with Crippen molar-refractivity contribution in [3.05, 3.63) is 22.1 Å². The molecule has 70 valence electrons. The molecule has 13 heavy (non-hydrogen) atoms. The number of rotatable bonds is 3. The van der Waals surface area contributed by atoms with Crippen LogP contribution in [0, 0.1) is 0 Å². The normalized spacial score (nSPS) is 17.1. The molecule has 0 saturated heterocycles. The Morgan fingerprint density at radius 3 is 2.62 bits per heavy atom. The van der Waals surface area contributed by atoms with E-state index in [1.54, 1.807) is 0 Å². The van der Waals surface area contributed by atoms with Gasteiger partial charge in [0.05, 0.1) is 9.94 Å². The third-order valence-electron chi connectivity index (χ3n) is 1.37. The zero-order chi connectivity index (χ0) is 9.84. The van der Waals surface area contributed by atoms with Gasteiger partial charge in [0.15, 0.2) is 11.6 Å². The van der Waals surface area contributed by atoms with Crippen LogP contribution in [0.15, 0.2) is 22.1 Å². The van der Waals surface area contributed by atoms with Crippen LogP contribution in [-0.2, 0) is 9.59 Å². The Morgan fingerprint density at radius 1 is 1.31 bits per heavy atom. The summed E-state index contributed by atoms with van der Waals surface area (Å²) in [6.07, 6.45) is 2.40. The van der Waals surface area contributed by atoms with Crippen molar-refractivity contribution in [3.63, 3.8) is 0 Å². The SMILES string of the molecule is NCCSC1=CC(=O)C(Cl)=CC1=O. The van der Waals surface area contributed by atoms with E-state index < -0.39 is 0 Å². The molecule has 0 amide bonds. The second-order valence-corrected chi connectivity index (χ2v) is 3.91. The lowest BCUT2D eigenvalue weighted by atomic mass is 10.2. The lowest BCUT2D eigenvalue weighted by Crippen LogP contribution is -2.10. The molecule has 1 rings (SSSR count). The number of carbonyl (C=O) groups is 2. The maximum Gasteiger partial charge on any atom is 0.198 e. The maximum absolute atomic E-state index is 11.2. The Kier molecular flexibility index (Phi) is 3.71. The topological polar surface area (TPSA) is 60.2 Å². The summed E-state index contributed by atoms with van der Waals surface area (Å²) in [5, 5.41) is -0.0258. The van der Waals surface area contributed by atoms with Crippen molar-refractivity contribution in [1.29, 1.82) is 0 Å². The Hall–Kier alpha value is -0.580. The number of nitrogens with two attached hydrogens (primary N) is 1. The fourth-order valence-electron chi connectivity index (χ4n) is 0.798. The lowest BCUT2D eigenvalue weighted by Gasteiger charge is -2.06. The molecule has 0 aromatic heterocycles. The molecule has 0 radical (unpaired) electrons. The summed E-state index contributed by atoms with van der Waals surface area (Å²) in [5.74, 6) is 0.0832. The minimum Gasteiger partial charge on any atom is -0.330 e. The van der Waals surface area contributed by atoms with Crippen molar-refractivity contribution in [2.24, 2.45) is 5.73 Å². The van der Waals surface area contributed by atoms with Crippen LogP contribution in [0.4, 0.5) is 0 Å². The van der Waals surface area contributed by atoms with Crippen molar-refractivity contribution in [1.82, 2.24) is 0 Å². The Morgan fingerprint density at radius 2 is 2.00 bits per heavy atom. The number of halogens is 1. The van der Waals surface area contributed by atoms with Gasteiger partial charge in [0.2, 0.25) is 0 Å². The summed E-state index contributed by atoms with van der Waals surface area (Å²) >= 11 is 6.75. The van der Waals surface area contributed by atoms with Crippen molar-refractivity contribution in [2.45, 2.75) is 0 Å². The van der Waals surface area contributed by atoms with Crippen molar-refractivity contribution in [3.8, 4) is 0 Å². The molecule has 0 aromatic rings. The summed E-state index contributed by atoms with van der Waals surface area (Å²) in [6, 6.07) is 0. The average molecular weight is 218 g/mol. The molecule has 0 atom stereocenters. The van der Waals surface area contributed by atoms with Gasteiger partial charge in [0.1, 0.15) is 0 Å².